The molecule has 2 heterocycles. The topological polar surface area (TPSA) is 86.5 Å². The van der Waals surface area contributed by atoms with E-state index < -0.39 is 5.97 Å². The highest BCUT2D eigenvalue weighted by Gasteiger charge is 2.27. The van der Waals surface area contributed by atoms with Crippen LogP contribution in [0.1, 0.15) is 30.1 Å². The summed E-state index contributed by atoms with van der Waals surface area (Å²) in [4.78, 5) is 15.8. The third-order valence-corrected chi connectivity index (χ3v) is 3.74. The van der Waals surface area contributed by atoms with Gasteiger partial charge in [-0.25, -0.2) is 9.78 Å². The third kappa shape index (κ3) is 3.39. The number of pyridine rings is 1. The van der Waals surface area contributed by atoms with Crippen LogP contribution in [0.4, 0.5) is 11.5 Å². The molecule has 110 valence electrons. The summed E-state index contributed by atoms with van der Waals surface area (Å²) in [6.45, 7) is 4.59. The molecule has 0 amide bonds. The number of nitrogen functional groups attached to an aromatic ring is 1. The molecule has 0 aliphatic carbocycles. The van der Waals surface area contributed by atoms with E-state index in [0.717, 1.165) is 32.6 Å². The van der Waals surface area contributed by atoms with Crippen molar-refractivity contribution in [1.29, 1.82) is 0 Å². The summed E-state index contributed by atoms with van der Waals surface area (Å²) in [5.74, 6) is 0.178. The number of hydrogen-bond acceptors (Lipinski definition) is 6. The van der Waals surface area contributed by atoms with Crippen LogP contribution in [0.3, 0.4) is 0 Å². The zero-order chi connectivity index (χ0) is 14.6. The van der Waals surface area contributed by atoms with E-state index in [-0.39, 0.29) is 5.41 Å². The number of anilines is 2. The van der Waals surface area contributed by atoms with E-state index in [4.69, 9.17) is 15.2 Å². The quantitative estimate of drug-likeness (QED) is 0.815. The second-order valence-corrected chi connectivity index (χ2v) is 5.42. The maximum Gasteiger partial charge on any atom is 0.340 e. The number of esters is 1. The first kappa shape index (κ1) is 14.6. The summed E-state index contributed by atoms with van der Waals surface area (Å²) in [6, 6.07) is 1.63. The molecule has 0 unspecified atom stereocenters. The van der Waals surface area contributed by atoms with Gasteiger partial charge in [0.2, 0.25) is 0 Å². The van der Waals surface area contributed by atoms with Gasteiger partial charge >= 0.3 is 5.97 Å². The number of nitrogens with two attached hydrogens (primary N) is 1. The number of nitrogens with zero attached hydrogens (tertiary/aromatic N) is 1. The molecular formula is C14H21N3O3. The fourth-order valence-corrected chi connectivity index (χ4v) is 2.19. The highest BCUT2D eigenvalue weighted by molar-refractivity contribution is 5.95. The van der Waals surface area contributed by atoms with E-state index in [1.165, 1.54) is 13.3 Å². The fourth-order valence-electron chi connectivity index (χ4n) is 2.19. The van der Waals surface area contributed by atoms with Crippen LogP contribution in [0.2, 0.25) is 0 Å². The average Bonchev–Trinajstić information content (AvgIpc) is 2.46. The highest BCUT2D eigenvalue weighted by atomic mass is 16.5. The van der Waals surface area contributed by atoms with Crippen LogP contribution < -0.4 is 11.1 Å². The minimum Gasteiger partial charge on any atom is -0.465 e. The summed E-state index contributed by atoms with van der Waals surface area (Å²) < 4.78 is 10.1. The number of nitrogens with one attached hydrogen (secondary N) is 1. The van der Waals surface area contributed by atoms with E-state index in [1.54, 1.807) is 6.07 Å². The molecule has 6 heteroatoms. The van der Waals surface area contributed by atoms with Gasteiger partial charge in [0.15, 0.2) is 0 Å². The van der Waals surface area contributed by atoms with Gasteiger partial charge in [0.05, 0.1) is 24.6 Å². The SMILES string of the molecule is COC(=O)c1cc(NCC2(C)CCOCC2)ncc1N. The lowest BCUT2D eigenvalue weighted by Gasteiger charge is -2.33. The molecule has 2 rings (SSSR count). The molecule has 0 bridgehead atoms. The van der Waals surface area contributed by atoms with Gasteiger partial charge in [-0.1, -0.05) is 6.92 Å². The predicted molar refractivity (Wildman–Crippen MR) is 76.6 cm³/mol. The molecule has 0 atom stereocenters. The lowest BCUT2D eigenvalue weighted by atomic mass is 9.82. The normalized spacial score (nSPS) is 17.5. The number of methoxy groups -OCH3 is 1. The minimum absolute atomic E-state index is 0.187. The molecule has 3 N–H and O–H groups in total. The van der Waals surface area contributed by atoms with E-state index >= 15 is 0 Å². The maximum atomic E-state index is 11.6. The first-order valence-electron chi connectivity index (χ1n) is 6.69. The van der Waals surface area contributed by atoms with Gasteiger partial charge < -0.3 is 20.5 Å². The van der Waals surface area contributed by atoms with E-state index in [2.05, 4.69) is 17.2 Å². The summed E-state index contributed by atoms with van der Waals surface area (Å²) in [6.07, 6.45) is 3.50. The molecule has 20 heavy (non-hydrogen) atoms. The van der Waals surface area contributed by atoms with Crippen molar-refractivity contribution in [3.05, 3.63) is 17.8 Å². The molecule has 0 spiro atoms. The standard InChI is InChI=1S/C14H21N3O3/c1-14(3-5-20-6-4-14)9-17-12-7-10(13(18)19-2)11(15)8-16-12/h7-8H,3-6,9,15H2,1-2H3,(H,16,17). The Balaban J connectivity index is 2.04. The molecule has 1 aliphatic heterocycles. The lowest BCUT2D eigenvalue weighted by Crippen LogP contribution is -2.33. The van der Waals surface area contributed by atoms with Gasteiger partial charge in [0.25, 0.3) is 0 Å². The third-order valence-electron chi connectivity index (χ3n) is 3.74. The van der Waals surface area contributed by atoms with Crippen molar-refractivity contribution < 1.29 is 14.3 Å². The Morgan fingerprint density at radius 2 is 2.25 bits per heavy atom. The number of ether oxygens (including phenoxy) is 2. The zero-order valence-corrected chi connectivity index (χ0v) is 11.9. The minimum atomic E-state index is -0.453. The van der Waals surface area contributed by atoms with E-state index in [9.17, 15) is 4.79 Å². The summed E-state index contributed by atoms with van der Waals surface area (Å²) >= 11 is 0. The van der Waals surface area contributed by atoms with Crippen LogP contribution in [-0.4, -0.2) is 37.8 Å². The monoisotopic (exact) mass is 279 g/mol. The molecule has 1 fully saturated rings. The number of carbonyl (C=O) groups excluding carboxylic acids is 1. The van der Waals surface area contributed by atoms with Gasteiger partial charge in [-0.2, -0.15) is 0 Å². The highest BCUT2D eigenvalue weighted by Crippen LogP contribution is 2.30. The van der Waals surface area contributed by atoms with Crippen molar-refractivity contribution in [3.63, 3.8) is 0 Å². The van der Waals surface area contributed by atoms with Crippen LogP contribution in [0, 0.1) is 5.41 Å². The largest absolute Gasteiger partial charge is 0.465 e. The molecule has 1 aromatic heterocycles. The van der Waals surface area contributed by atoms with Gasteiger partial charge in [-0.15, -0.1) is 0 Å². The van der Waals surface area contributed by atoms with E-state index in [0.29, 0.717) is 17.1 Å². The van der Waals surface area contributed by atoms with Gasteiger partial charge in [-0.3, -0.25) is 0 Å². The molecule has 0 aromatic carbocycles. The van der Waals surface area contributed by atoms with Crippen molar-refractivity contribution in [1.82, 2.24) is 4.98 Å². The smallest absolute Gasteiger partial charge is 0.340 e. The molecule has 1 aliphatic rings. The zero-order valence-electron chi connectivity index (χ0n) is 11.9. The Bertz CT molecular complexity index is 485. The van der Waals surface area contributed by atoms with E-state index in [1.807, 2.05) is 0 Å². The maximum absolute atomic E-state index is 11.6. The Labute approximate surface area is 118 Å². The van der Waals surface area contributed by atoms with Crippen LogP contribution in [-0.2, 0) is 9.47 Å². The van der Waals surface area contributed by atoms with Crippen LogP contribution in [0.5, 0.6) is 0 Å². The number of rotatable bonds is 4. The van der Waals surface area contributed by atoms with Crippen LogP contribution in [0.25, 0.3) is 0 Å². The van der Waals surface area contributed by atoms with Crippen LogP contribution in [0.15, 0.2) is 12.3 Å². The molecule has 0 radical (unpaired) electrons. The average molecular weight is 279 g/mol. The Hall–Kier alpha value is -1.82. The Morgan fingerprint density at radius 1 is 1.55 bits per heavy atom. The molecule has 1 aromatic rings. The lowest BCUT2D eigenvalue weighted by molar-refractivity contribution is 0.0300. The van der Waals surface area contributed by atoms with Gasteiger partial charge in [-0.05, 0) is 24.3 Å². The summed E-state index contributed by atoms with van der Waals surface area (Å²) in [5.41, 5.74) is 6.56. The number of hydrogen-bond donors (Lipinski definition) is 2. The first-order valence-corrected chi connectivity index (χ1v) is 6.69. The number of aromatic nitrogens is 1. The molecule has 6 nitrogen and oxygen atoms in total. The van der Waals surface area contributed by atoms with Gasteiger partial charge in [0, 0.05) is 19.8 Å². The first-order chi connectivity index (χ1) is 9.54. The fraction of sp³-hybridized carbons (Fsp3) is 0.571. The van der Waals surface area contributed by atoms with Crippen molar-refractivity contribution in [2.24, 2.45) is 5.41 Å². The molecule has 1 saturated heterocycles. The second-order valence-electron chi connectivity index (χ2n) is 5.42. The van der Waals surface area contributed by atoms with Crippen molar-refractivity contribution >= 4 is 17.5 Å². The number of carbonyl (C=O) groups is 1. The predicted octanol–water partition coefficient (Wildman–Crippen LogP) is 1.68. The Kier molecular flexibility index (Phi) is 4.44. The van der Waals surface area contributed by atoms with Gasteiger partial charge in [0.1, 0.15) is 5.82 Å². The van der Waals surface area contributed by atoms with Crippen molar-refractivity contribution in [2.75, 3.05) is 37.9 Å². The Morgan fingerprint density at radius 3 is 2.90 bits per heavy atom. The van der Waals surface area contributed by atoms with Crippen molar-refractivity contribution in [2.45, 2.75) is 19.8 Å². The second kappa shape index (κ2) is 6.09. The molecular weight excluding hydrogens is 258 g/mol. The van der Waals surface area contributed by atoms with Crippen molar-refractivity contribution in [3.8, 4) is 0 Å². The molecule has 0 saturated carbocycles. The summed E-state index contributed by atoms with van der Waals surface area (Å²) in [7, 11) is 1.33. The van der Waals surface area contributed by atoms with Crippen LogP contribution >= 0.6 is 0 Å². The summed E-state index contributed by atoms with van der Waals surface area (Å²) in [5, 5.41) is 3.27.